The normalized spacial score (nSPS) is 10.6. The van der Waals surface area contributed by atoms with Crippen LogP contribution in [0.1, 0.15) is 26.7 Å². The van der Waals surface area contributed by atoms with Crippen molar-refractivity contribution < 1.29 is 0 Å². The van der Waals surface area contributed by atoms with Gasteiger partial charge in [-0.25, -0.2) is 0 Å². The van der Waals surface area contributed by atoms with Crippen LogP contribution in [0.15, 0.2) is 17.0 Å². The smallest absolute Gasteiger partial charge is 0.0819 e. The number of hydrogen-bond acceptors (Lipinski definition) is 0. The van der Waals surface area contributed by atoms with E-state index in [0.717, 1.165) is 0 Å². The van der Waals surface area contributed by atoms with Crippen molar-refractivity contribution in [3.05, 3.63) is 17.0 Å². The van der Waals surface area contributed by atoms with E-state index in [-0.39, 0.29) is 0 Å². The average molecular weight is 168 g/mol. The largest absolute Gasteiger partial charge is 0.131 e. The van der Waals surface area contributed by atoms with Crippen molar-refractivity contribution in [2.45, 2.75) is 46.3 Å². The SMILES string of the molecule is CCCC=C=C(C)[Si](C)(C)C. The van der Waals surface area contributed by atoms with E-state index in [2.05, 4.69) is 45.3 Å². The Morgan fingerprint density at radius 2 is 1.91 bits per heavy atom. The van der Waals surface area contributed by atoms with Crippen LogP contribution < -0.4 is 0 Å². The minimum absolute atomic E-state index is 1.04. The fourth-order valence-electron chi connectivity index (χ4n) is 0.586. The first-order chi connectivity index (χ1) is 4.98. The molecular formula is C10H20Si. The second kappa shape index (κ2) is 4.58. The maximum atomic E-state index is 3.38. The Hall–Kier alpha value is -0.263. The van der Waals surface area contributed by atoms with Gasteiger partial charge in [-0.15, -0.1) is 5.73 Å². The summed E-state index contributed by atoms with van der Waals surface area (Å²) in [7, 11) is -1.04. The fraction of sp³-hybridized carbons (Fsp3) is 0.700. The van der Waals surface area contributed by atoms with Crippen LogP contribution in [-0.4, -0.2) is 8.07 Å². The molecule has 0 rings (SSSR count). The van der Waals surface area contributed by atoms with Crippen LogP contribution in [0.5, 0.6) is 0 Å². The van der Waals surface area contributed by atoms with Gasteiger partial charge in [-0.1, -0.05) is 33.0 Å². The molecule has 11 heavy (non-hydrogen) atoms. The number of unbranched alkanes of at least 4 members (excludes halogenated alkanes) is 1. The van der Waals surface area contributed by atoms with Gasteiger partial charge < -0.3 is 0 Å². The molecule has 0 bridgehead atoms. The van der Waals surface area contributed by atoms with Crippen LogP contribution in [0, 0.1) is 0 Å². The quantitative estimate of drug-likeness (QED) is 0.444. The fourth-order valence-corrected chi connectivity index (χ4v) is 1.12. The summed E-state index contributed by atoms with van der Waals surface area (Å²) < 4.78 is 0. The van der Waals surface area contributed by atoms with E-state index < -0.39 is 8.07 Å². The molecule has 0 saturated carbocycles. The molecule has 0 aromatic carbocycles. The van der Waals surface area contributed by atoms with E-state index >= 15 is 0 Å². The van der Waals surface area contributed by atoms with Crippen molar-refractivity contribution in [2.24, 2.45) is 0 Å². The van der Waals surface area contributed by atoms with Crippen LogP contribution in [0.3, 0.4) is 0 Å². The molecule has 0 aromatic heterocycles. The van der Waals surface area contributed by atoms with Gasteiger partial charge in [0.1, 0.15) is 0 Å². The Labute approximate surface area is 72.0 Å². The molecule has 0 aliphatic heterocycles. The van der Waals surface area contributed by atoms with Crippen molar-refractivity contribution in [1.29, 1.82) is 0 Å². The first-order valence-electron chi connectivity index (χ1n) is 4.40. The van der Waals surface area contributed by atoms with Gasteiger partial charge >= 0.3 is 0 Å². The van der Waals surface area contributed by atoms with Gasteiger partial charge in [0.15, 0.2) is 0 Å². The molecular weight excluding hydrogens is 148 g/mol. The van der Waals surface area contributed by atoms with Crippen LogP contribution in [0.4, 0.5) is 0 Å². The van der Waals surface area contributed by atoms with Gasteiger partial charge in [0.25, 0.3) is 0 Å². The zero-order chi connectivity index (χ0) is 8.91. The van der Waals surface area contributed by atoms with Gasteiger partial charge in [-0.2, -0.15) is 0 Å². The second-order valence-electron chi connectivity index (χ2n) is 4.01. The molecule has 0 nitrogen and oxygen atoms in total. The van der Waals surface area contributed by atoms with E-state index in [4.69, 9.17) is 0 Å². The minimum atomic E-state index is -1.04. The number of allylic oxidation sites excluding steroid dienone is 1. The molecule has 0 aliphatic carbocycles. The first-order valence-corrected chi connectivity index (χ1v) is 7.90. The molecule has 0 unspecified atom stereocenters. The summed E-state index contributed by atoms with van der Waals surface area (Å²) in [6, 6.07) is 0. The molecule has 0 radical (unpaired) electrons. The zero-order valence-electron chi connectivity index (χ0n) is 8.49. The summed E-state index contributed by atoms with van der Waals surface area (Å²) in [6.45, 7) is 11.5. The highest BCUT2D eigenvalue weighted by Gasteiger charge is 2.14. The maximum Gasteiger partial charge on any atom is 0.0819 e. The molecule has 0 spiro atoms. The van der Waals surface area contributed by atoms with Crippen molar-refractivity contribution in [3.63, 3.8) is 0 Å². The van der Waals surface area contributed by atoms with E-state index in [0.29, 0.717) is 0 Å². The molecule has 0 fully saturated rings. The topological polar surface area (TPSA) is 0 Å². The summed E-state index contributed by atoms with van der Waals surface area (Å²) >= 11 is 0. The standard InChI is InChI=1S/C10H20Si/c1-6-7-8-9-10(2)11(3,4)5/h8H,6-7H2,1-5H3. The zero-order valence-corrected chi connectivity index (χ0v) is 9.49. The summed E-state index contributed by atoms with van der Waals surface area (Å²) in [6.07, 6.45) is 4.57. The Balaban J connectivity index is 4.21. The van der Waals surface area contributed by atoms with Gasteiger partial charge in [-0.3, -0.25) is 0 Å². The predicted molar refractivity (Wildman–Crippen MR) is 55.5 cm³/mol. The highest BCUT2D eigenvalue weighted by molar-refractivity contribution is 6.82. The Morgan fingerprint density at radius 1 is 1.36 bits per heavy atom. The highest BCUT2D eigenvalue weighted by Crippen LogP contribution is 2.11. The third-order valence-electron chi connectivity index (χ3n) is 1.88. The summed E-state index contributed by atoms with van der Waals surface area (Å²) in [4.78, 5) is 0. The van der Waals surface area contributed by atoms with Crippen molar-refractivity contribution in [1.82, 2.24) is 0 Å². The Morgan fingerprint density at radius 3 is 2.27 bits per heavy atom. The van der Waals surface area contributed by atoms with E-state index in [1.807, 2.05) is 0 Å². The molecule has 0 heterocycles. The van der Waals surface area contributed by atoms with Crippen molar-refractivity contribution >= 4 is 8.07 Å². The predicted octanol–water partition coefficient (Wildman–Crippen LogP) is 3.77. The van der Waals surface area contributed by atoms with Gasteiger partial charge in [0.2, 0.25) is 0 Å². The molecule has 1 heteroatoms. The minimum Gasteiger partial charge on any atom is -0.131 e. The van der Waals surface area contributed by atoms with E-state index in [9.17, 15) is 0 Å². The first kappa shape index (κ1) is 10.7. The Bertz CT molecular complexity index is 166. The van der Waals surface area contributed by atoms with Crippen molar-refractivity contribution in [2.75, 3.05) is 0 Å². The highest BCUT2D eigenvalue weighted by atomic mass is 28.3. The van der Waals surface area contributed by atoms with Crippen molar-refractivity contribution in [3.8, 4) is 0 Å². The molecule has 0 aromatic rings. The molecule has 0 saturated heterocycles. The molecule has 0 N–H and O–H groups in total. The summed E-state index contributed by atoms with van der Waals surface area (Å²) in [5, 5.41) is 1.48. The summed E-state index contributed by atoms with van der Waals surface area (Å²) in [5.74, 6) is 0. The van der Waals surface area contributed by atoms with E-state index in [1.165, 1.54) is 18.0 Å². The second-order valence-corrected chi connectivity index (χ2v) is 9.26. The van der Waals surface area contributed by atoms with Gasteiger partial charge in [0.05, 0.1) is 8.07 Å². The third kappa shape index (κ3) is 5.06. The van der Waals surface area contributed by atoms with Gasteiger partial charge in [-0.05, 0) is 24.6 Å². The molecule has 0 aliphatic rings. The lowest BCUT2D eigenvalue weighted by Gasteiger charge is -2.13. The third-order valence-corrected chi connectivity index (χ3v) is 4.27. The lowest BCUT2D eigenvalue weighted by atomic mass is 10.3. The average Bonchev–Trinajstić information content (AvgIpc) is 1.86. The maximum absolute atomic E-state index is 3.38. The van der Waals surface area contributed by atoms with Crippen LogP contribution in [-0.2, 0) is 0 Å². The lowest BCUT2D eigenvalue weighted by Crippen LogP contribution is -2.21. The van der Waals surface area contributed by atoms with Gasteiger partial charge in [0, 0.05) is 0 Å². The van der Waals surface area contributed by atoms with E-state index in [1.54, 1.807) is 0 Å². The number of rotatable bonds is 3. The molecule has 0 amide bonds. The summed E-state index contributed by atoms with van der Waals surface area (Å²) in [5.41, 5.74) is 3.38. The van der Waals surface area contributed by atoms with Crippen LogP contribution in [0.25, 0.3) is 0 Å². The van der Waals surface area contributed by atoms with Crippen LogP contribution in [0.2, 0.25) is 19.6 Å². The molecule has 64 valence electrons. The Kier molecular flexibility index (Phi) is 4.47. The number of hydrogen-bond donors (Lipinski definition) is 0. The molecule has 0 atom stereocenters. The monoisotopic (exact) mass is 168 g/mol. The lowest BCUT2D eigenvalue weighted by molar-refractivity contribution is 0.959. The van der Waals surface area contributed by atoms with Crippen LogP contribution >= 0.6 is 0 Å².